The third kappa shape index (κ3) is 5.66. The predicted molar refractivity (Wildman–Crippen MR) is 134 cm³/mol. The van der Waals surface area contributed by atoms with E-state index in [0.29, 0.717) is 11.1 Å². The van der Waals surface area contributed by atoms with E-state index >= 15 is 0 Å². The zero-order valence-electron chi connectivity index (χ0n) is 20.5. The van der Waals surface area contributed by atoms with Crippen molar-refractivity contribution in [2.24, 2.45) is 0 Å². The molecule has 0 N–H and O–H groups in total. The van der Waals surface area contributed by atoms with Gasteiger partial charge in [-0.3, -0.25) is 4.79 Å². The Kier molecular flexibility index (Phi) is 8.22. The standard InChI is InChI=1S/C27H27NO8S/c1-33-23-18-21(37(31,32)28-13-15-35-16-14-28)17-22(26(23)34-2)27(30)36-25(20-11-7-4-8-12-20)24(29)19-9-5-3-6-10-19/h3-12,17-18,25H,13-16H2,1-2H3/t25-/m1/s1. The molecule has 1 fully saturated rings. The molecule has 0 bridgehead atoms. The zero-order valence-corrected chi connectivity index (χ0v) is 21.3. The van der Waals surface area contributed by atoms with Gasteiger partial charge >= 0.3 is 5.97 Å². The third-order valence-electron chi connectivity index (χ3n) is 5.90. The Balaban J connectivity index is 1.75. The molecule has 3 aromatic carbocycles. The smallest absolute Gasteiger partial charge is 0.343 e. The Morgan fingerprint density at radius 3 is 2.11 bits per heavy atom. The average molecular weight is 526 g/mol. The molecule has 0 unspecified atom stereocenters. The third-order valence-corrected chi connectivity index (χ3v) is 7.78. The molecule has 1 heterocycles. The molecular formula is C27H27NO8S. The van der Waals surface area contributed by atoms with E-state index < -0.39 is 27.9 Å². The van der Waals surface area contributed by atoms with Crippen molar-refractivity contribution in [2.75, 3.05) is 40.5 Å². The Labute approximate surface area is 215 Å². The highest BCUT2D eigenvalue weighted by atomic mass is 32.2. The molecule has 1 aliphatic heterocycles. The fourth-order valence-electron chi connectivity index (χ4n) is 4.00. The molecule has 0 saturated carbocycles. The van der Waals surface area contributed by atoms with E-state index in [1.807, 2.05) is 0 Å². The van der Waals surface area contributed by atoms with Crippen molar-refractivity contribution < 1.29 is 37.0 Å². The lowest BCUT2D eigenvalue weighted by Gasteiger charge is -2.26. The number of ketones is 1. The van der Waals surface area contributed by atoms with Gasteiger partial charge in [0, 0.05) is 30.3 Å². The van der Waals surface area contributed by atoms with Crippen LogP contribution in [0.2, 0.25) is 0 Å². The minimum atomic E-state index is -3.97. The Bertz CT molecular complexity index is 1350. The number of carbonyl (C=O) groups excluding carboxylic acids is 2. The quantitative estimate of drug-likeness (QED) is 0.309. The van der Waals surface area contributed by atoms with Crippen molar-refractivity contribution in [3.63, 3.8) is 0 Å². The predicted octanol–water partition coefficient (Wildman–Crippen LogP) is 3.51. The van der Waals surface area contributed by atoms with E-state index in [2.05, 4.69) is 0 Å². The SMILES string of the molecule is COc1cc(S(=O)(=O)N2CCOCC2)cc(C(=O)O[C@@H](C(=O)c2ccccc2)c2ccccc2)c1OC. The summed E-state index contributed by atoms with van der Waals surface area (Å²) >= 11 is 0. The molecule has 3 aromatic rings. The molecule has 9 nitrogen and oxygen atoms in total. The highest BCUT2D eigenvalue weighted by Crippen LogP contribution is 2.37. The number of rotatable bonds is 9. The second-order valence-corrected chi connectivity index (χ2v) is 10.1. The molecule has 37 heavy (non-hydrogen) atoms. The average Bonchev–Trinajstić information content (AvgIpc) is 2.96. The normalized spacial score (nSPS) is 15.0. The van der Waals surface area contributed by atoms with Gasteiger partial charge in [0.2, 0.25) is 15.8 Å². The molecule has 1 aliphatic rings. The first-order chi connectivity index (χ1) is 17.9. The molecule has 1 atom stereocenters. The van der Waals surface area contributed by atoms with Crippen LogP contribution < -0.4 is 9.47 Å². The molecule has 4 rings (SSSR count). The maximum absolute atomic E-state index is 13.5. The maximum Gasteiger partial charge on any atom is 0.343 e. The molecule has 194 valence electrons. The number of Topliss-reactive ketones (excluding diaryl/α,β-unsaturated/α-hetero) is 1. The highest BCUT2D eigenvalue weighted by molar-refractivity contribution is 7.89. The summed E-state index contributed by atoms with van der Waals surface area (Å²) in [6, 6.07) is 19.5. The highest BCUT2D eigenvalue weighted by Gasteiger charge is 2.33. The van der Waals surface area contributed by atoms with Gasteiger partial charge in [0.1, 0.15) is 5.56 Å². The summed E-state index contributed by atoms with van der Waals surface area (Å²) < 4.78 is 49.7. The summed E-state index contributed by atoms with van der Waals surface area (Å²) in [7, 11) is -1.31. The van der Waals surface area contributed by atoms with Crippen LogP contribution in [0.5, 0.6) is 11.5 Å². The lowest BCUT2D eigenvalue weighted by Crippen LogP contribution is -2.40. The van der Waals surface area contributed by atoms with Gasteiger partial charge in [-0.05, 0) is 6.07 Å². The van der Waals surface area contributed by atoms with Crippen molar-refractivity contribution in [1.82, 2.24) is 4.31 Å². The maximum atomic E-state index is 13.5. The van der Waals surface area contributed by atoms with Gasteiger partial charge in [-0.25, -0.2) is 13.2 Å². The van der Waals surface area contributed by atoms with Crippen LogP contribution in [0.1, 0.15) is 32.4 Å². The first-order valence-corrected chi connectivity index (χ1v) is 13.0. The summed E-state index contributed by atoms with van der Waals surface area (Å²) in [6.45, 7) is 0.889. The van der Waals surface area contributed by atoms with Crippen LogP contribution in [0.3, 0.4) is 0 Å². The van der Waals surface area contributed by atoms with Crippen LogP contribution in [-0.2, 0) is 19.5 Å². The van der Waals surface area contributed by atoms with Gasteiger partial charge in [0.25, 0.3) is 0 Å². The van der Waals surface area contributed by atoms with Gasteiger partial charge < -0.3 is 18.9 Å². The van der Waals surface area contributed by atoms with E-state index in [9.17, 15) is 18.0 Å². The molecule has 0 aliphatic carbocycles. The van der Waals surface area contributed by atoms with Gasteiger partial charge in [-0.2, -0.15) is 4.31 Å². The summed E-state index contributed by atoms with van der Waals surface area (Å²) in [6.07, 6.45) is -1.27. The van der Waals surface area contributed by atoms with Gasteiger partial charge in [-0.1, -0.05) is 60.7 Å². The van der Waals surface area contributed by atoms with Crippen molar-refractivity contribution >= 4 is 21.8 Å². The van der Waals surface area contributed by atoms with Crippen LogP contribution in [0.4, 0.5) is 0 Å². The number of carbonyl (C=O) groups is 2. The monoisotopic (exact) mass is 525 g/mol. The minimum Gasteiger partial charge on any atom is -0.493 e. The van der Waals surface area contributed by atoms with Crippen LogP contribution in [0.25, 0.3) is 0 Å². The molecule has 0 aromatic heterocycles. The number of hydrogen-bond acceptors (Lipinski definition) is 8. The van der Waals surface area contributed by atoms with Gasteiger partial charge in [-0.15, -0.1) is 0 Å². The first kappa shape index (κ1) is 26.3. The number of methoxy groups -OCH3 is 2. The summed E-state index contributed by atoms with van der Waals surface area (Å²) in [4.78, 5) is 26.7. The number of nitrogens with zero attached hydrogens (tertiary/aromatic N) is 1. The first-order valence-electron chi connectivity index (χ1n) is 11.6. The summed E-state index contributed by atoms with van der Waals surface area (Å²) in [5.74, 6) is -1.34. The molecule has 0 spiro atoms. The van der Waals surface area contributed by atoms with Crippen molar-refractivity contribution in [3.8, 4) is 11.5 Å². The van der Waals surface area contributed by atoms with E-state index in [-0.39, 0.29) is 48.3 Å². The van der Waals surface area contributed by atoms with Crippen LogP contribution in [0.15, 0.2) is 77.7 Å². The molecule has 0 amide bonds. The Morgan fingerprint density at radius 2 is 1.51 bits per heavy atom. The number of morpholine rings is 1. The van der Waals surface area contributed by atoms with Crippen LogP contribution >= 0.6 is 0 Å². The Hall–Kier alpha value is -3.73. The van der Waals surface area contributed by atoms with E-state index in [1.54, 1.807) is 60.7 Å². The summed E-state index contributed by atoms with van der Waals surface area (Å²) in [5.41, 5.74) is 0.639. The van der Waals surface area contributed by atoms with E-state index in [0.717, 1.165) is 0 Å². The van der Waals surface area contributed by atoms with Crippen molar-refractivity contribution in [3.05, 3.63) is 89.5 Å². The molecule has 0 radical (unpaired) electrons. The second kappa shape index (κ2) is 11.5. The molecule has 10 heteroatoms. The van der Waals surface area contributed by atoms with Crippen molar-refractivity contribution in [2.45, 2.75) is 11.0 Å². The molecule has 1 saturated heterocycles. The summed E-state index contributed by atoms with van der Waals surface area (Å²) in [5, 5.41) is 0. The number of hydrogen-bond donors (Lipinski definition) is 0. The lowest BCUT2D eigenvalue weighted by molar-refractivity contribution is 0.0276. The minimum absolute atomic E-state index is 0.00704. The number of ether oxygens (including phenoxy) is 4. The van der Waals surface area contributed by atoms with Gasteiger partial charge in [0.15, 0.2) is 17.6 Å². The Morgan fingerprint density at radius 1 is 0.892 bits per heavy atom. The van der Waals surface area contributed by atoms with Crippen molar-refractivity contribution in [1.29, 1.82) is 0 Å². The lowest BCUT2D eigenvalue weighted by atomic mass is 9.99. The molecular weight excluding hydrogens is 498 g/mol. The topological polar surface area (TPSA) is 108 Å². The second-order valence-electron chi connectivity index (χ2n) is 8.15. The van der Waals surface area contributed by atoms with E-state index in [1.165, 1.54) is 30.7 Å². The fraction of sp³-hybridized carbons (Fsp3) is 0.259. The zero-order chi connectivity index (χ0) is 26.4. The van der Waals surface area contributed by atoms with Crippen LogP contribution in [0, 0.1) is 0 Å². The van der Waals surface area contributed by atoms with Crippen LogP contribution in [-0.4, -0.2) is 65.0 Å². The number of sulfonamides is 1. The van der Waals surface area contributed by atoms with Gasteiger partial charge in [0.05, 0.1) is 32.3 Å². The van der Waals surface area contributed by atoms with E-state index in [4.69, 9.17) is 18.9 Å². The fourth-order valence-corrected chi connectivity index (χ4v) is 5.45. The largest absolute Gasteiger partial charge is 0.493 e. The number of benzene rings is 3. The number of esters is 1.